The summed E-state index contributed by atoms with van der Waals surface area (Å²) in [6.45, 7) is 0.402. The number of carbonyl (C=O) groups excluding carboxylic acids is 1. The lowest BCUT2D eigenvalue weighted by Crippen LogP contribution is -2.53. The Morgan fingerprint density at radius 3 is 2.00 bits per heavy atom. The minimum atomic E-state index is -0.302. The second-order valence-corrected chi connectivity index (χ2v) is 8.06. The molecule has 1 N–H and O–H groups in total. The summed E-state index contributed by atoms with van der Waals surface area (Å²) in [7, 11) is 3.24. The largest absolute Gasteiger partial charge is 0.497 e. The first-order valence-electron chi connectivity index (χ1n) is 9.26. The summed E-state index contributed by atoms with van der Waals surface area (Å²) in [5, 5.41) is 2.90. The fraction of sp³-hybridized carbons (Fsp3) is 0.650. The number of alkyl carbamates (subject to hydrolysis) is 1. The zero-order chi connectivity index (χ0) is 17.4. The zero-order valence-corrected chi connectivity index (χ0v) is 15.0. The van der Waals surface area contributed by atoms with E-state index in [-0.39, 0.29) is 11.7 Å². The quantitative estimate of drug-likeness (QED) is 0.879. The number of carbonyl (C=O) groups is 1. The molecule has 0 atom stereocenters. The molecule has 0 heterocycles. The lowest BCUT2D eigenvalue weighted by Gasteiger charge is -2.55. The molecule has 0 spiro atoms. The van der Waals surface area contributed by atoms with Crippen LogP contribution in [-0.4, -0.2) is 25.9 Å². The van der Waals surface area contributed by atoms with Crippen LogP contribution in [0.5, 0.6) is 11.5 Å². The number of hydrogen-bond acceptors (Lipinski definition) is 4. The molecule has 0 saturated heterocycles. The van der Waals surface area contributed by atoms with E-state index in [0.29, 0.717) is 18.0 Å². The summed E-state index contributed by atoms with van der Waals surface area (Å²) >= 11 is 0. The molecule has 1 amide bonds. The SMILES string of the molecule is COc1cc(CNC(=O)OC23CC4CC(CC(C4)C2)C3)cc(OC)c1. The minimum Gasteiger partial charge on any atom is -0.497 e. The first kappa shape index (κ1) is 16.6. The van der Waals surface area contributed by atoms with Crippen molar-refractivity contribution in [3.05, 3.63) is 23.8 Å². The van der Waals surface area contributed by atoms with Gasteiger partial charge in [0.25, 0.3) is 0 Å². The van der Waals surface area contributed by atoms with Crippen molar-refractivity contribution in [1.82, 2.24) is 5.32 Å². The fourth-order valence-corrected chi connectivity index (χ4v) is 5.53. The van der Waals surface area contributed by atoms with Crippen LogP contribution >= 0.6 is 0 Å². The third kappa shape index (κ3) is 3.42. The van der Waals surface area contributed by atoms with Gasteiger partial charge in [-0.3, -0.25) is 0 Å². The molecule has 4 saturated carbocycles. The van der Waals surface area contributed by atoms with E-state index in [1.54, 1.807) is 14.2 Å². The van der Waals surface area contributed by atoms with Crippen molar-refractivity contribution in [3.63, 3.8) is 0 Å². The van der Waals surface area contributed by atoms with Crippen LogP contribution in [0, 0.1) is 17.8 Å². The van der Waals surface area contributed by atoms with Crippen molar-refractivity contribution in [3.8, 4) is 11.5 Å². The highest BCUT2D eigenvalue weighted by molar-refractivity contribution is 5.68. The van der Waals surface area contributed by atoms with Crippen LogP contribution in [0.4, 0.5) is 4.79 Å². The van der Waals surface area contributed by atoms with Gasteiger partial charge in [0.2, 0.25) is 0 Å². The van der Waals surface area contributed by atoms with Crippen LogP contribution in [-0.2, 0) is 11.3 Å². The molecule has 4 aliphatic rings. The number of ether oxygens (including phenoxy) is 3. The molecule has 136 valence electrons. The molecule has 4 fully saturated rings. The summed E-state index contributed by atoms with van der Waals surface area (Å²) in [5.41, 5.74) is 0.726. The van der Waals surface area contributed by atoms with Gasteiger partial charge < -0.3 is 19.5 Å². The maximum Gasteiger partial charge on any atom is 0.407 e. The molecule has 0 unspecified atom stereocenters. The van der Waals surface area contributed by atoms with Crippen LogP contribution in [0.25, 0.3) is 0 Å². The Morgan fingerprint density at radius 2 is 1.52 bits per heavy atom. The molecular formula is C20H27NO4. The fourth-order valence-electron chi connectivity index (χ4n) is 5.53. The van der Waals surface area contributed by atoms with E-state index in [0.717, 1.165) is 42.6 Å². The Morgan fingerprint density at radius 1 is 1.00 bits per heavy atom. The number of nitrogens with one attached hydrogen (secondary N) is 1. The van der Waals surface area contributed by atoms with Crippen LogP contribution in [0.15, 0.2) is 18.2 Å². The third-order valence-corrected chi connectivity index (χ3v) is 6.14. The van der Waals surface area contributed by atoms with E-state index in [2.05, 4.69) is 5.32 Å². The Labute approximate surface area is 149 Å². The molecule has 25 heavy (non-hydrogen) atoms. The predicted octanol–water partition coefficient (Wildman–Crippen LogP) is 3.90. The highest BCUT2D eigenvalue weighted by Gasteiger charge is 2.53. The van der Waals surface area contributed by atoms with Gasteiger partial charge in [0, 0.05) is 12.6 Å². The van der Waals surface area contributed by atoms with E-state index in [9.17, 15) is 4.79 Å². The van der Waals surface area contributed by atoms with E-state index in [1.165, 1.54) is 19.3 Å². The summed E-state index contributed by atoms with van der Waals surface area (Å²) < 4.78 is 16.5. The summed E-state index contributed by atoms with van der Waals surface area (Å²) in [6, 6.07) is 5.61. The monoisotopic (exact) mass is 345 g/mol. The van der Waals surface area contributed by atoms with E-state index in [1.807, 2.05) is 18.2 Å². The second kappa shape index (κ2) is 6.43. The van der Waals surface area contributed by atoms with E-state index < -0.39 is 0 Å². The van der Waals surface area contributed by atoms with Gasteiger partial charge in [0.05, 0.1) is 14.2 Å². The molecule has 5 rings (SSSR count). The molecule has 4 bridgehead atoms. The Bertz CT molecular complexity index is 600. The normalized spacial score (nSPS) is 32.3. The highest BCUT2D eigenvalue weighted by atomic mass is 16.6. The summed E-state index contributed by atoms with van der Waals surface area (Å²) in [6.07, 6.45) is 6.89. The van der Waals surface area contributed by atoms with Crippen LogP contribution in [0.2, 0.25) is 0 Å². The van der Waals surface area contributed by atoms with E-state index >= 15 is 0 Å². The molecule has 4 aliphatic carbocycles. The van der Waals surface area contributed by atoms with Gasteiger partial charge in [0.1, 0.15) is 17.1 Å². The van der Waals surface area contributed by atoms with Gasteiger partial charge in [-0.1, -0.05) is 0 Å². The second-order valence-electron chi connectivity index (χ2n) is 8.06. The van der Waals surface area contributed by atoms with Gasteiger partial charge in [-0.05, 0) is 74.0 Å². The number of benzene rings is 1. The van der Waals surface area contributed by atoms with Gasteiger partial charge >= 0.3 is 6.09 Å². The topological polar surface area (TPSA) is 56.8 Å². The lowest BCUT2D eigenvalue weighted by molar-refractivity contribution is -0.127. The standard InChI is InChI=1S/C20H27NO4/c1-23-17-6-16(7-18(8-17)24-2)12-21-19(22)25-20-9-13-3-14(10-20)5-15(4-13)11-20/h6-8,13-15H,3-5,9-12H2,1-2H3,(H,21,22). The van der Waals surface area contributed by atoms with Crippen molar-refractivity contribution >= 4 is 6.09 Å². The van der Waals surface area contributed by atoms with Crippen molar-refractivity contribution in [2.24, 2.45) is 17.8 Å². The maximum absolute atomic E-state index is 12.4. The van der Waals surface area contributed by atoms with Gasteiger partial charge in [0.15, 0.2) is 0 Å². The number of hydrogen-bond donors (Lipinski definition) is 1. The van der Waals surface area contributed by atoms with Crippen molar-refractivity contribution in [2.45, 2.75) is 50.7 Å². The minimum absolute atomic E-state index is 0.203. The molecule has 0 radical (unpaired) electrons. The number of methoxy groups -OCH3 is 2. The summed E-state index contributed by atoms with van der Waals surface area (Å²) in [5.74, 6) is 3.72. The molecule has 0 aromatic heterocycles. The number of amides is 1. The zero-order valence-electron chi connectivity index (χ0n) is 15.0. The van der Waals surface area contributed by atoms with Crippen molar-refractivity contribution in [2.75, 3.05) is 14.2 Å². The van der Waals surface area contributed by atoms with E-state index in [4.69, 9.17) is 14.2 Å². The van der Waals surface area contributed by atoms with Gasteiger partial charge in [-0.2, -0.15) is 0 Å². The first-order valence-corrected chi connectivity index (χ1v) is 9.26. The lowest BCUT2D eigenvalue weighted by atomic mass is 9.54. The van der Waals surface area contributed by atoms with Crippen molar-refractivity contribution in [1.29, 1.82) is 0 Å². The Hall–Kier alpha value is -1.91. The average Bonchev–Trinajstić information content (AvgIpc) is 2.58. The van der Waals surface area contributed by atoms with Crippen LogP contribution < -0.4 is 14.8 Å². The Kier molecular flexibility index (Phi) is 4.26. The molecule has 5 heteroatoms. The number of rotatable bonds is 5. The average molecular weight is 345 g/mol. The highest BCUT2D eigenvalue weighted by Crippen LogP contribution is 2.57. The van der Waals surface area contributed by atoms with Gasteiger partial charge in [-0.15, -0.1) is 0 Å². The van der Waals surface area contributed by atoms with Crippen LogP contribution in [0.3, 0.4) is 0 Å². The molecule has 0 aliphatic heterocycles. The smallest absolute Gasteiger partial charge is 0.407 e. The first-order chi connectivity index (χ1) is 12.1. The molecule has 1 aromatic carbocycles. The third-order valence-electron chi connectivity index (χ3n) is 6.14. The maximum atomic E-state index is 12.4. The molecule has 5 nitrogen and oxygen atoms in total. The molecular weight excluding hydrogens is 318 g/mol. The summed E-state index contributed by atoms with van der Waals surface area (Å²) in [4.78, 5) is 12.4. The Balaban J connectivity index is 1.37. The van der Waals surface area contributed by atoms with Crippen molar-refractivity contribution < 1.29 is 19.0 Å². The molecule has 1 aromatic rings. The van der Waals surface area contributed by atoms with Gasteiger partial charge in [-0.25, -0.2) is 4.79 Å². The predicted molar refractivity (Wildman–Crippen MR) is 93.8 cm³/mol. The van der Waals surface area contributed by atoms with Crippen LogP contribution in [0.1, 0.15) is 44.1 Å².